The lowest BCUT2D eigenvalue weighted by molar-refractivity contribution is 1.01. The molecule has 0 saturated heterocycles. The number of hydrogen-bond acceptors (Lipinski definition) is 3. The fourth-order valence-electron chi connectivity index (χ4n) is 10.7. The average molecular weight is 900 g/mol. The fraction of sp³-hybridized carbons (Fsp3) is 0.0923. The van der Waals surface area contributed by atoms with Gasteiger partial charge in [-0.15, -0.1) is 0 Å². The SMILES string of the molecule is Cc1cccc(-c2ccc3c4ccc(-c5cccc(C)c5)cc4n(-c4cc(-c5cc(C)nc(C)n5)cc(-n5c6cc(-c7cccc(C)c7)ccc6c6ccc(-c7cccc(C)c7)cc65)c4C#N)c3c2)c1. The highest BCUT2D eigenvalue weighted by Crippen LogP contribution is 2.43. The smallest absolute Gasteiger partial charge is 0.126 e. The lowest BCUT2D eigenvalue weighted by atomic mass is 10.0. The van der Waals surface area contributed by atoms with Crippen molar-refractivity contribution in [3.05, 3.63) is 227 Å². The van der Waals surface area contributed by atoms with E-state index in [4.69, 9.17) is 9.97 Å². The van der Waals surface area contributed by atoms with Crippen LogP contribution < -0.4 is 0 Å². The Balaban J connectivity index is 1.24. The van der Waals surface area contributed by atoms with Crippen LogP contribution in [0.5, 0.6) is 0 Å². The summed E-state index contributed by atoms with van der Waals surface area (Å²) < 4.78 is 4.67. The van der Waals surface area contributed by atoms with E-state index in [0.717, 1.165) is 116 Å². The van der Waals surface area contributed by atoms with Gasteiger partial charge in [-0.05, 0) is 129 Å². The van der Waals surface area contributed by atoms with Gasteiger partial charge in [0.05, 0.1) is 39.1 Å². The summed E-state index contributed by atoms with van der Waals surface area (Å²) >= 11 is 0. The van der Waals surface area contributed by atoms with E-state index in [1.165, 1.54) is 22.3 Å². The molecule has 5 heteroatoms. The van der Waals surface area contributed by atoms with Gasteiger partial charge in [-0.1, -0.05) is 168 Å². The van der Waals surface area contributed by atoms with Crippen LogP contribution in [0.2, 0.25) is 0 Å². The van der Waals surface area contributed by atoms with Crippen molar-refractivity contribution in [2.24, 2.45) is 0 Å². The molecule has 0 radical (unpaired) electrons. The highest BCUT2D eigenvalue weighted by Gasteiger charge is 2.25. The molecule has 0 amide bonds. The van der Waals surface area contributed by atoms with E-state index in [2.05, 4.69) is 231 Å². The molecule has 334 valence electrons. The third kappa shape index (κ3) is 7.33. The first kappa shape index (κ1) is 42.5. The summed E-state index contributed by atoms with van der Waals surface area (Å²) in [6.45, 7) is 12.5. The molecule has 70 heavy (non-hydrogen) atoms. The molecule has 0 fully saturated rings. The Morgan fingerprint density at radius 3 is 0.971 bits per heavy atom. The van der Waals surface area contributed by atoms with Crippen molar-refractivity contribution in [1.82, 2.24) is 19.1 Å². The molecular formula is C65H49N5. The number of aryl methyl sites for hydroxylation is 6. The van der Waals surface area contributed by atoms with Gasteiger partial charge in [0.1, 0.15) is 17.5 Å². The number of nitriles is 1. The molecule has 5 nitrogen and oxygen atoms in total. The highest BCUT2D eigenvalue weighted by atomic mass is 15.0. The van der Waals surface area contributed by atoms with Crippen LogP contribution >= 0.6 is 0 Å². The number of hydrogen-bond donors (Lipinski definition) is 0. The van der Waals surface area contributed by atoms with Crippen LogP contribution in [0, 0.1) is 52.9 Å². The van der Waals surface area contributed by atoms with Crippen molar-refractivity contribution in [1.29, 1.82) is 5.26 Å². The Kier molecular flexibility index (Phi) is 10.2. The minimum Gasteiger partial charge on any atom is -0.308 e. The first-order chi connectivity index (χ1) is 34.1. The van der Waals surface area contributed by atoms with Gasteiger partial charge in [-0.25, -0.2) is 9.97 Å². The second-order valence-electron chi connectivity index (χ2n) is 19.0. The predicted octanol–water partition coefficient (Wildman–Crippen LogP) is 16.7. The standard InChI is InChI=1S/C65H49N5/c1-39-11-7-15-45(27-39)49-19-23-54-55-24-20-50(46-16-8-12-40(2)28-46)33-61(55)69(60(54)32-49)64-36-53(59-31-43(5)67-44(6)68-59)37-65(58(64)38-66)70-62-34-51(47-17-9-13-41(3)29-47)21-25-56(62)57-26-22-52(35-63(57)70)48-18-10-14-42(4)30-48/h7-37H,1-6H3. The summed E-state index contributed by atoms with van der Waals surface area (Å²) in [6, 6.07) is 71.0. The molecule has 3 aromatic heterocycles. The number of nitrogens with zero attached hydrogens (tertiary/aromatic N) is 5. The van der Waals surface area contributed by atoms with E-state index in [1.807, 2.05) is 13.8 Å². The van der Waals surface area contributed by atoms with Crippen LogP contribution in [-0.4, -0.2) is 19.1 Å². The molecule has 0 aliphatic heterocycles. The Morgan fingerprint density at radius 2 is 0.671 bits per heavy atom. The summed E-state index contributed by atoms with van der Waals surface area (Å²) in [5.41, 5.74) is 22.4. The molecule has 0 aliphatic carbocycles. The van der Waals surface area contributed by atoms with Gasteiger partial charge in [0.2, 0.25) is 0 Å². The van der Waals surface area contributed by atoms with E-state index in [9.17, 15) is 5.26 Å². The maximum atomic E-state index is 12.0. The zero-order valence-electron chi connectivity index (χ0n) is 40.1. The molecule has 0 N–H and O–H groups in total. The molecule has 0 aliphatic rings. The van der Waals surface area contributed by atoms with Gasteiger partial charge in [0, 0.05) is 32.8 Å². The second kappa shape index (κ2) is 16.7. The van der Waals surface area contributed by atoms with Crippen LogP contribution in [0.25, 0.3) is 111 Å². The minimum absolute atomic E-state index is 0.549. The zero-order chi connectivity index (χ0) is 47.8. The van der Waals surface area contributed by atoms with E-state index in [1.54, 1.807) is 0 Å². The summed E-state index contributed by atoms with van der Waals surface area (Å²) in [6.07, 6.45) is 0. The first-order valence-corrected chi connectivity index (χ1v) is 23.9. The van der Waals surface area contributed by atoms with Crippen LogP contribution in [0.3, 0.4) is 0 Å². The maximum Gasteiger partial charge on any atom is 0.126 e. The summed E-state index contributed by atoms with van der Waals surface area (Å²) in [7, 11) is 0. The quantitative estimate of drug-likeness (QED) is 0.160. The van der Waals surface area contributed by atoms with E-state index in [0.29, 0.717) is 11.4 Å². The molecular weight excluding hydrogens is 851 g/mol. The first-order valence-electron chi connectivity index (χ1n) is 23.9. The van der Waals surface area contributed by atoms with Crippen molar-refractivity contribution in [2.45, 2.75) is 41.5 Å². The summed E-state index contributed by atoms with van der Waals surface area (Å²) in [5.74, 6) is 0.687. The summed E-state index contributed by atoms with van der Waals surface area (Å²) in [5, 5.41) is 16.4. The lowest BCUT2D eigenvalue weighted by Crippen LogP contribution is -2.06. The van der Waals surface area contributed by atoms with Crippen molar-refractivity contribution < 1.29 is 0 Å². The van der Waals surface area contributed by atoms with Gasteiger partial charge >= 0.3 is 0 Å². The fourth-order valence-corrected chi connectivity index (χ4v) is 10.7. The molecule has 0 spiro atoms. The van der Waals surface area contributed by atoms with Gasteiger partial charge < -0.3 is 9.13 Å². The normalized spacial score (nSPS) is 11.6. The second-order valence-corrected chi connectivity index (χ2v) is 19.0. The van der Waals surface area contributed by atoms with Crippen molar-refractivity contribution in [3.8, 4) is 73.2 Å². The minimum atomic E-state index is 0.549. The monoisotopic (exact) mass is 899 g/mol. The van der Waals surface area contributed by atoms with Crippen LogP contribution in [0.4, 0.5) is 0 Å². The van der Waals surface area contributed by atoms with Crippen molar-refractivity contribution in [2.75, 3.05) is 0 Å². The number of fused-ring (bicyclic) bond motifs is 6. The van der Waals surface area contributed by atoms with Crippen LogP contribution in [-0.2, 0) is 0 Å². The van der Waals surface area contributed by atoms with Crippen LogP contribution in [0.15, 0.2) is 188 Å². The van der Waals surface area contributed by atoms with Crippen molar-refractivity contribution in [3.63, 3.8) is 0 Å². The molecule has 3 heterocycles. The Hall–Kier alpha value is -8.85. The van der Waals surface area contributed by atoms with Crippen LogP contribution in [0.1, 0.15) is 39.3 Å². The molecule has 0 unspecified atom stereocenters. The van der Waals surface area contributed by atoms with Gasteiger partial charge in [-0.3, -0.25) is 0 Å². The third-order valence-corrected chi connectivity index (χ3v) is 13.9. The Labute approximate surface area is 408 Å². The van der Waals surface area contributed by atoms with E-state index >= 15 is 0 Å². The maximum absolute atomic E-state index is 12.0. The van der Waals surface area contributed by atoms with Gasteiger partial charge in [0.25, 0.3) is 0 Å². The summed E-state index contributed by atoms with van der Waals surface area (Å²) in [4.78, 5) is 9.80. The molecule has 12 rings (SSSR count). The molecule has 0 saturated carbocycles. The predicted molar refractivity (Wildman–Crippen MR) is 291 cm³/mol. The third-order valence-electron chi connectivity index (χ3n) is 13.9. The van der Waals surface area contributed by atoms with Crippen molar-refractivity contribution >= 4 is 43.6 Å². The van der Waals surface area contributed by atoms with E-state index < -0.39 is 0 Å². The zero-order valence-corrected chi connectivity index (χ0v) is 40.1. The topological polar surface area (TPSA) is 59.4 Å². The van der Waals surface area contributed by atoms with Gasteiger partial charge in [0.15, 0.2) is 0 Å². The average Bonchev–Trinajstić information content (AvgIpc) is 3.86. The molecule has 0 atom stereocenters. The number of rotatable bonds is 7. The highest BCUT2D eigenvalue weighted by molar-refractivity contribution is 6.13. The Bertz CT molecular complexity index is 3700. The molecule has 0 bridgehead atoms. The van der Waals surface area contributed by atoms with E-state index in [-0.39, 0.29) is 0 Å². The lowest BCUT2D eigenvalue weighted by Gasteiger charge is -2.19. The largest absolute Gasteiger partial charge is 0.308 e. The molecule has 9 aromatic carbocycles. The van der Waals surface area contributed by atoms with Gasteiger partial charge in [-0.2, -0.15) is 5.26 Å². The molecule has 12 aromatic rings. The Morgan fingerprint density at radius 1 is 0.343 bits per heavy atom. The number of aromatic nitrogens is 4. The number of benzene rings is 9.